The van der Waals surface area contributed by atoms with Crippen LogP contribution in [0.25, 0.3) is 0 Å². The molecular weight excluding hydrogens is 320 g/mol. The maximum Gasteiger partial charge on any atom is 0.303 e. The van der Waals surface area contributed by atoms with Gasteiger partial charge in [-0.2, -0.15) is 0 Å². The number of hydrogen-bond donors (Lipinski definition) is 1. The van der Waals surface area contributed by atoms with Gasteiger partial charge in [-0.05, 0) is 25.7 Å². The lowest BCUT2D eigenvalue weighted by molar-refractivity contribution is -0.137. The SMILES string of the molecule is CCCCC=CCCCCCCCCCCCCCCCCCC(=O)O. The van der Waals surface area contributed by atoms with Gasteiger partial charge in [-0.25, -0.2) is 0 Å². The van der Waals surface area contributed by atoms with E-state index in [1.54, 1.807) is 0 Å². The van der Waals surface area contributed by atoms with E-state index in [1.807, 2.05) is 0 Å². The summed E-state index contributed by atoms with van der Waals surface area (Å²) in [5, 5.41) is 8.57. The molecule has 0 amide bonds. The second-order valence-electron chi connectivity index (χ2n) is 7.85. The first-order valence-corrected chi connectivity index (χ1v) is 11.6. The summed E-state index contributed by atoms with van der Waals surface area (Å²) in [6.45, 7) is 2.25. The maximum absolute atomic E-state index is 10.4. The molecule has 2 heteroatoms. The smallest absolute Gasteiger partial charge is 0.303 e. The predicted molar refractivity (Wildman–Crippen MR) is 115 cm³/mol. The van der Waals surface area contributed by atoms with Gasteiger partial charge >= 0.3 is 5.97 Å². The van der Waals surface area contributed by atoms with E-state index in [1.165, 1.54) is 109 Å². The zero-order chi connectivity index (χ0) is 19.1. The van der Waals surface area contributed by atoms with E-state index in [0.29, 0.717) is 6.42 Å². The highest BCUT2D eigenvalue weighted by Gasteiger charge is 1.97. The number of aliphatic carboxylic acids is 1. The molecule has 0 radical (unpaired) electrons. The van der Waals surface area contributed by atoms with Crippen molar-refractivity contribution in [2.45, 2.75) is 135 Å². The van der Waals surface area contributed by atoms with Crippen molar-refractivity contribution in [3.63, 3.8) is 0 Å². The fourth-order valence-corrected chi connectivity index (χ4v) is 3.39. The third-order valence-electron chi connectivity index (χ3n) is 5.15. The Morgan fingerprint density at radius 3 is 1.31 bits per heavy atom. The first kappa shape index (κ1) is 25.2. The van der Waals surface area contributed by atoms with Gasteiger partial charge < -0.3 is 5.11 Å². The summed E-state index contributed by atoms with van der Waals surface area (Å²) in [6.07, 6.45) is 30.1. The van der Waals surface area contributed by atoms with Crippen molar-refractivity contribution in [3.8, 4) is 0 Å². The molecule has 0 heterocycles. The van der Waals surface area contributed by atoms with E-state index in [4.69, 9.17) is 5.11 Å². The lowest BCUT2D eigenvalue weighted by Gasteiger charge is -2.03. The normalized spacial score (nSPS) is 11.4. The van der Waals surface area contributed by atoms with Gasteiger partial charge in [0.25, 0.3) is 0 Å². The average Bonchev–Trinajstić information content (AvgIpc) is 2.62. The molecule has 1 N–H and O–H groups in total. The Hall–Kier alpha value is -0.790. The van der Waals surface area contributed by atoms with Crippen LogP contribution in [-0.4, -0.2) is 11.1 Å². The topological polar surface area (TPSA) is 37.3 Å². The fourth-order valence-electron chi connectivity index (χ4n) is 3.39. The fraction of sp³-hybridized carbons (Fsp3) is 0.875. The molecule has 0 saturated carbocycles. The van der Waals surface area contributed by atoms with E-state index in [0.717, 1.165) is 12.8 Å². The Kier molecular flexibility index (Phi) is 21.6. The monoisotopic (exact) mass is 366 g/mol. The highest BCUT2D eigenvalue weighted by atomic mass is 16.4. The molecular formula is C24H46O2. The van der Waals surface area contributed by atoms with Crippen LogP contribution in [0.1, 0.15) is 135 Å². The minimum Gasteiger partial charge on any atom is -0.481 e. The summed E-state index contributed by atoms with van der Waals surface area (Å²) < 4.78 is 0. The van der Waals surface area contributed by atoms with Crippen molar-refractivity contribution < 1.29 is 9.90 Å². The molecule has 26 heavy (non-hydrogen) atoms. The van der Waals surface area contributed by atoms with Gasteiger partial charge in [-0.1, -0.05) is 115 Å². The molecule has 0 unspecified atom stereocenters. The van der Waals surface area contributed by atoms with Gasteiger partial charge in [0.1, 0.15) is 0 Å². The molecule has 0 aromatic rings. The number of unbranched alkanes of at least 4 members (excludes halogenated alkanes) is 17. The van der Waals surface area contributed by atoms with Gasteiger partial charge in [0.2, 0.25) is 0 Å². The van der Waals surface area contributed by atoms with Crippen LogP contribution in [-0.2, 0) is 4.79 Å². The molecule has 0 aromatic carbocycles. The Balaban J connectivity index is 3.03. The quantitative estimate of drug-likeness (QED) is 0.163. The average molecular weight is 367 g/mol. The Morgan fingerprint density at radius 1 is 0.577 bits per heavy atom. The highest BCUT2D eigenvalue weighted by molar-refractivity contribution is 5.66. The Bertz CT molecular complexity index is 309. The summed E-state index contributed by atoms with van der Waals surface area (Å²) in [6, 6.07) is 0. The maximum atomic E-state index is 10.4. The van der Waals surface area contributed by atoms with Crippen LogP contribution in [0.15, 0.2) is 12.2 Å². The highest BCUT2D eigenvalue weighted by Crippen LogP contribution is 2.14. The minimum atomic E-state index is -0.653. The van der Waals surface area contributed by atoms with Crippen LogP contribution < -0.4 is 0 Å². The van der Waals surface area contributed by atoms with E-state index < -0.39 is 5.97 Å². The minimum absolute atomic E-state index is 0.343. The largest absolute Gasteiger partial charge is 0.481 e. The molecule has 0 aliphatic heterocycles. The lowest BCUT2D eigenvalue weighted by atomic mass is 10.0. The molecule has 0 aromatic heterocycles. The predicted octanol–water partition coefficient (Wildman–Crippen LogP) is 8.45. The van der Waals surface area contributed by atoms with Gasteiger partial charge in [-0.15, -0.1) is 0 Å². The molecule has 0 rings (SSSR count). The second kappa shape index (κ2) is 22.3. The molecule has 0 bridgehead atoms. The summed E-state index contributed by atoms with van der Waals surface area (Å²) in [5.74, 6) is -0.653. The van der Waals surface area contributed by atoms with Gasteiger partial charge in [0, 0.05) is 6.42 Å². The summed E-state index contributed by atoms with van der Waals surface area (Å²) >= 11 is 0. The second-order valence-corrected chi connectivity index (χ2v) is 7.85. The van der Waals surface area contributed by atoms with Crippen molar-refractivity contribution >= 4 is 5.97 Å². The van der Waals surface area contributed by atoms with Crippen molar-refractivity contribution in [2.24, 2.45) is 0 Å². The summed E-state index contributed by atoms with van der Waals surface area (Å²) in [7, 11) is 0. The number of allylic oxidation sites excluding steroid dienone is 2. The van der Waals surface area contributed by atoms with Crippen LogP contribution in [0.5, 0.6) is 0 Å². The standard InChI is InChI=1S/C24H46O2/c1-2-3-4-5-6-7-8-9-10-11-12-13-14-15-16-17-18-19-20-21-22-23-24(25)26/h5-6H,2-4,7-23H2,1H3,(H,25,26). The number of carboxylic acids is 1. The van der Waals surface area contributed by atoms with Crippen LogP contribution in [0.4, 0.5) is 0 Å². The van der Waals surface area contributed by atoms with Crippen molar-refractivity contribution in [1.29, 1.82) is 0 Å². The van der Waals surface area contributed by atoms with E-state index in [9.17, 15) is 4.79 Å². The van der Waals surface area contributed by atoms with E-state index in [2.05, 4.69) is 19.1 Å². The molecule has 0 atom stereocenters. The molecule has 0 aliphatic carbocycles. The number of hydrogen-bond acceptors (Lipinski definition) is 1. The van der Waals surface area contributed by atoms with Crippen LogP contribution in [0, 0.1) is 0 Å². The van der Waals surface area contributed by atoms with Crippen LogP contribution >= 0.6 is 0 Å². The lowest BCUT2D eigenvalue weighted by Crippen LogP contribution is -1.93. The molecule has 0 aliphatic rings. The molecule has 2 nitrogen and oxygen atoms in total. The summed E-state index contributed by atoms with van der Waals surface area (Å²) in [5.41, 5.74) is 0. The molecule has 0 saturated heterocycles. The Morgan fingerprint density at radius 2 is 0.923 bits per heavy atom. The van der Waals surface area contributed by atoms with Crippen LogP contribution in [0.2, 0.25) is 0 Å². The van der Waals surface area contributed by atoms with Gasteiger partial charge in [0.05, 0.1) is 0 Å². The zero-order valence-corrected chi connectivity index (χ0v) is 17.7. The Labute approximate surface area is 163 Å². The number of rotatable bonds is 21. The third kappa shape index (κ3) is 23.2. The zero-order valence-electron chi connectivity index (χ0n) is 17.7. The van der Waals surface area contributed by atoms with Crippen LogP contribution in [0.3, 0.4) is 0 Å². The first-order valence-electron chi connectivity index (χ1n) is 11.6. The number of carboxylic acid groups (broad SMARTS) is 1. The van der Waals surface area contributed by atoms with E-state index in [-0.39, 0.29) is 0 Å². The number of carbonyl (C=O) groups is 1. The van der Waals surface area contributed by atoms with Crippen molar-refractivity contribution in [1.82, 2.24) is 0 Å². The molecule has 0 spiro atoms. The molecule has 154 valence electrons. The van der Waals surface area contributed by atoms with Crippen molar-refractivity contribution in [3.05, 3.63) is 12.2 Å². The molecule has 0 fully saturated rings. The van der Waals surface area contributed by atoms with Gasteiger partial charge in [0.15, 0.2) is 0 Å². The van der Waals surface area contributed by atoms with E-state index >= 15 is 0 Å². The first-order chi connectivity index (χ1) is 12.8. The third-order valence-corrected chi connectivity index (χ3v) is 5.15. The van der Waals surface area contributed by atoms with Crippen molar-refractivity contribution in [2.75, 3.05) is 0 Å². The summed E-state index contributed by atoms with van der Waals surface area (Å²) in [4.78, 5) is 10.4. The van der Waals surface area contributed by atoms with Gasteiger partial charge in [-0.3, -0.25) is 4.79 Å².